The van der Waals surface area contributed by atoms with Crippen molar-refractivity contribution in [3.63, 3.8) is 0 Å². The third-order valence-electron chi connectivity index (χ3n) is 3.13. The number of nitrogens with two attached hydrogens (primary N) is 1. The van der Waals surface area contributed by atoms with Crippen LogP contribution in [-0.4, -0.2) is 54.8 Å². The summed E-state index contributed by atoms with van der Waals surface area (Å²) in [5, 5.41) is -0.252. The van der Waals surface area contributed by atoms with E-state index in [1.807, 2.05) is 19.6 Å². The van der Waals surface area contributed by atoms with Crippen molar-refractivity contribution in [3.8, 4) is 0 Å². The van der Waals surface area contributed by atoms with E-state index in [9.17, 15) is 14.4 Å². The van der Waals surface area contributed by atoms with E-state index in [0.717, 1.165) is 0 Å². The van der Waals surface area contributed by atoms with Crippen molar-refractivity contribution >= 4 is 37.9 Å². The molecule has 1 saturated heterocycles. The Hall–Kier alpha value is -1.32. The molecule has 22 heavy (non-hydrogen) atoms. The predicted molar refractivity (Wildman–Crippen MR) is 84.2 cm³/mol. The summed E-state index contributed by atoms with van der Waals surface area (Å²) in [6.45, 7) is 6.93. The zero-order valence-corrected chi connectivity index (χ0v) is 14.9. The normalized spacial score (nSPS) is 24.6. The van der Waals surface area contributed by atoms with Crippen LogP contribution in [0.4, 0.5) is 0 Å². The molecule has 2 aliphatic heterocycles. The highest BCUT2D eigenvalue weighted by Gasteiger charge is 2.52. The van der Waals surface area contributed by atoms with Crippen LogP contribution in [0.3, 0.4) is 0 Å². The molecule has 0 aliphatic carbocycles. The van der Waals surface area contributed by atoms with Crippen LogP contribution in [0.2, 0.25) is 19.6 Å². The minimum Gasteiger partial charge on any atom is -0.515 e. The number of hydrogen-bond acceptors (Lipinski definition) is 7. The molecule has 1 amide bonds. The van der Waals surface area contributed by atoms with Gasteiger partial charge in [0.05, 0.1) is 0 Å². The van der Waals surface area contributed by atoms with Crippen molar-refractivity contribution in [1.82, 2.24) is 4.90 Å². The summed E-state index contributed by atoms with van der Waals surface area (Å²) < 4.78 is 10.5. The van der Waals surface area contributed by atoms with Crippen molar-refractivity contribution in [2.45, 2.75) is 38.0 Å². The van der Waals surface area contributed by atoms with Gasteiger partial charge in [-0.2, -0.15) is 0 Å². The molecule has 0 unspecified atom stereocenters. The Labute approximate surface area is 134 Å². The molecule has 0 radical (unpaired) electrons. The molecule has 122 valence electrons. The molecular formula is C13H20N2O5SSi. The Bertz CT molecular complexity index is 557. The van der Waals surface area contributed by atoms with Crippen LogP contribution in [-0.2, 0) is 23.5 Å². The number of amides is 1. The van der Waals surface area contributed by atoms with Gasteiger partial charge in [-0.05, 0) is 19.6 Å². The zero-order chi connectivity index (χ0) is 16.7. The third-order valence-corrected chi connectivity index (χ3v) is 5.29. The molecule has 2 N–H and O–H groups in total. The van der Waals surface area contributed by atoms with Gasteiger partial charge in [0.15, 0.2) is 0 Å². The summed E-state index contributed by atoms with van der Waals surface area (Å²) in [6, 6.07) is -0.602. The number of rotatable bonds is 4. The predicted octanol–water partition coefficient (Wildman–Crippen LogP) is 0.424. The highest BCUT2D eigenvalue weighted by molar-refractivity contribution is 8.00. The molecule has 7 nitrogen and oxygen atoms in total. The lowest BCUT2D eigenvalue weighted by Crippen LogP contribution is -2.68. The topological polar surface area (TPSA) is 98.9 Å². The van der Waals surface area contributed by atoms with Crippen molar-refractivity contribution in [3.05, 3.63) is 11.3 Å². The Morgan fingerprint density at radius 3 is 2.59 bits per heavy atom. The van der Waals surface area contributed by atoms with Crippen molar-refractivity contribution in [2.24, 2.45) is 5.73 Å². The van der Waals surface area contributed by atoms with Gasteiger partial charge in [0.25, 0.3) is 0 Å². The van der Waals surface area contributed by atoms with Crippen molar-refractivity contribution in [2.75, 3.05) is 12.4 Å². The molecule has 0 spiro atoms. The third kappa shape index (κ3) is 3.36. The highest BCUT2D eigenvalue weighted by atomic mass is 32.2. The van der Waals surface area contributed by atoms with Crippen LogP contribution >= 0.6 is 11.8 Å². The second-order valence-electron chi connectivity index (χ2n) is 6.17. The first-order valence-corrected chi connectivity index (χ1v) is 11.4. The van der Waals surface area contributed by atoms with Crippen LogP contribution in [0.5, 0.6) is 0 Å². The summed E-state index contributed by atoms with van der Waals surface area (Å²) in [4.78, 5) is 36.9. The molecule has 0 bridgehead atoms. The maximum absolute atomic E-state index is 12.5. The second kappa shape index (κ2) is 6.05. The van der Waals surface area contributed by atoms with Crippen LogP contribution in [0, 0.1) is 0 Å². The van der Waals surface area contributed by atoms with Gasteiger partial charge < -0.3 is 14.9 Å². The fraction of sp³-hybridized carbons (Fsp3) is 0.615. The molecule has 2 aliphatic rings. The largest absolute Gasteiger partial charge is 0.515 e. The highest BCUT2D eigenvalue weighted by Crippen LogP contribution is 2.40. The van der Waals surface area contributed by atoms with E-state index in [-0.39, 0.29) is 23.6 Å². The maximum Gasteiger partial charge on any atom is 0.341 e. The molecule has 2 atom stereocenters. The van der Waals surface area contributed by atoms with Gasteiger partial charge in [0.2, 0.25) is 14.2 Å². The van der Waals surface area contributed by atoms with E-state index < -0.39 is 26.3 Å². The van der Waals surface area contributed by atoms with Crippen LogP contribution in [0.15, 0.2) is 11.3 Å². The Morgan fingerprint density at radius 1 is 1.41 bits per heavy atom. The van der Waals surface area contributed by atoms with E-state index in [4.69, 9.17) is 14.9 Å². The number of thioether (sulfide) groups is 1. The monoisotopic (exact) mass is 344 g/mol. The number of nitrogens with zero attached hydrogens (tertiary/aromatic N) is 1. The first-order valence-electron chi connectivity index (χ1n) is 6.91. The number of esters is 1. The lowest BCUT2D eigenvalue weighted by atomic mass is 10.0. The molecule has 0 aromatic carbocycles. The second-order valence-corrected chi connectivity index (χ2v) is 11.7. The van der Waals surface area contributed by atoms with E-state index in [1.54, 1.807) is 0 Å². The summed E-state index contributed by atoms with van der Waals surface area (Å²) in [5.74, 6) is -0.804. The molecular weight excluding hydrogens is 324 g/mol. The lowest BCUT2D eigenvalue weighted by molar-refractivity contribution is -0.147. The Balaban J connectivity index is 2.30. The molecule has 2 rings (SSSR count). The van der Waals surface area contributed by atoms with E-state index in [0.29, 0.717) is 11.3 Å². The first-order chi connectivity index (χ1) is 10.1. The minimum atomic E-state index is -2.11. The first kappa shape index (κ1) is 17.0. The molecule has 9 heteroatoms. The van der Waals surface area contributed by atoms with Gasteiger partial charge in [-0.25, -0.2) is 4.79 Å². The SMILES string of the molecule is CC(=O)OCC1=C(C(=O)O[Si](C)(C)C)N2C(=O)[C@@H](N)[C@H]2SC1. The number of carbonyl (C=O) groups excluding carboxylic acids is 3. The van der Waals surface area contributed by atoms with Crippen molar-refractivity contribution in [1.29, 1.82) is 0 Å². The lowest BCUT2D eigenvalue weighted by Gasteiger charge is -2.48. The number of fused-ring (bicyclic) bond motifs is 1. The number of hydrogen-bond donors (Lipinski definition) is 1. The van der Waals surface area contributed by atoms with E-state index in [2.05, 4.69) is 0 Å². The Kier molecular flexibility index (Phi) is 4.69. The molecule has 2 heterocycles. The summed E-state index contributed by atoms with van der Waals surface area (Å²) >= 11 is 1.46. The fourth-order valence-electron chi connectivity index (χ4n) is 2.19. The van der Waals surface area contributed by atoms with E-state index >= 15 is 0 Å². The standard InChI is InChI=1S/C13H20N2O5SSi/c1-7(16)19-5-8-6-21-12-9(14)11(17)15(12)10(8)13(18)20-22(2,3)4/h9,12H,5-6,14H2,1-4H3/t9-,12-/m1/s1. The minimum absolute atomic E-state index is 0.0236. The fourth-order valence-corrected chi connectivity index (χ4v) is 4.12. The Morgan fingerprint density at radius 2 is 2.05 bits per heavy atom. The van der Waals surface area contributed by atoms with Gasteiger partial charge in [-0.15, -0.1) is 11.8 Å². The molecule has 0 aromatic heterocycles. The van der Waals surface area contributed by atoms with Crippen molar-refractivity contribution < 1.29 is 23.5 Å². The maximum atomic E-state index is 12.5. The molecule has 1 fully saturated rings. The number of ether oxygens (including phenoxy) is 1. The zero-order valence-electron chi connectivity index (χ0n) is 13.0. The van der Waals surface area contributed by atoms with Gasteiger partial charge in [-0.1, -0.05) is 0 Å². The number of β-lactam (4-membered cyclic amide) rings is 1. The van der Waals surface area contributed by atoms with Gasteiger partial charge in [0, 0.05) is 18.2 Å². The van der Waals surface area contributed by atoms with Crippen LogP contribution in [0.25, 0.3) is 0 Å². The summed E-state index contributed by atoms with van der Waals surface area (Å²) in [6.07, 6.45) is 0. The van der Waals surface area contributed by atoms with Gasteiger partial charge in [0.1, 0.15) is 23.7 Å². The van der Waals surface area contributed by atoms with Crippen LogP contribution < -0.4 is 5.73 Å². The quantitative estimate of drug-likeness (QED) is 0.448. The molecule has 0 aromatic rings. The van der Waals surface area contributed by atoms with E-state index in [1.165, 1.54) is 23.6 Å². The summed E-state index contributed by atoms with van der Waals surface area (Å²) in [7, 11) is -2.11. The average Bonchev–Trinajstić information content (AvgIpc) is 2.41. The smallest absolute Gasteiger partial charge is 0.341 e. The summed E-state index contributed by atoms with van der Waals surface area (Å²) in [5.41, 5.74) is 6.55. The van der Waals surface area contributed by atoms with Crippen LogP contribution in [0.1, 0.15) is 6.92 Å². The van der Waals surface area contributed by atoms with Gasteiger partial charge >= 0.3 is 11.9 Å². The molecule has 0 saturated carbocycles. The van der Waals surface area contributed by atoms with Gasteiger partial charge in [-0.3, -0.25) is 14.5 Å². The average molecular weight is 344 g/mol. The number of carbonyl (C=O) groups is 3.